The first-order valence-corrected chi connectivity index (χ1v) is 8.84. The molecule has 1 saturated heterocycles. The number of hydrogen-bond acceptors (Lipinski definition) is 3. The van der Waals surface area contributed by atoms with Crippen LogP contribution in [0.25, 0.3) is 0 Å². The van der Waals surface area contributed by atoms with Crippen LogP contribution in [0.5, 0.6) is 0 Å². The molecule has 4 nitrogen and oxygen atoms in total. The van der Waals surface area contributed by atoms with Gasteiger partial charge in [0.2, 0.25) is 10.0 Å². The highest BCUT2D eigenvalue weighted by atomic mass is 35.5. The fourth-order valence-electron chi connectivity index (χ4n) is 2.49. The number of rotatable bonds is 3. The Kier molecular flexibility index (Phi) is 6.92. The lowest BCUT2D eigenvalue weighted by atomic mass is 9.92. The van der Waals surface area contributed by atoms with E-state index >= 15 is 0 Å². The minimum atomic E-state index is -3.82. The average Bonchev–Trinajstić information content (AvgIpc) is 2.44. The highest BCUT2D eigenvalue weighted by Crippen LogP contribution is 2.33. The van der Waals surface area contributed by atoms with E-state index in [1.54, 1.807) is 0 Å². The van der Waals surface area contributed by atoms with Crippen molar-refractivity contribution in [3.8, 4) is 0 Å². The molecule has 0 saturated carbocycles. The first-order chi connectivity index (χ1) is 9.75. The lowest BCUT2D eigenvalue weighted by molar-refractivity contribution is 0.250. The quantitative estimate of drug-likeness (QED) is 0.804. The van der Waals surface area contributed by atoms with Crippen LogP contribution < -0.4 is 5.73 Å². The Hall–Kier alpha value is -0.110. The Morgan fingerprint density at radius 3 is 2.36 bits per heavy atom. The van der Waals surface area contributed by atoms with Crippen molar-refractivity contribution in [2.24, 2.45) is 11.7 Å². The van der Waals surface area contributed by atoms with Crippen molar-refractivity contribution in [2.45, 2.75) is 30.7 Å². The van der Waals surface area contributed by atoms with E-state index in [0.29, 0.717) is 31.8 Å². The number of halogens is 4. The van der Waals surface area contributed by atoms with E-state index in [-0.39, 0.29) is 28.4 Å². The Morgan fingerprint density at radius 2 is 1.86 bits per heavy atom. The second-order valence-corrected chi connectivity index (χ2v) is 7.97. The maximum atomic E-state index is 13.7. The fourth-order valence-corrected chi connectivity index (χ4v) is 4.68. The van der Waals surface area contributed by atoms with Crippen molar-refractivity contribution >= 4 is 45.6 Å². The van der Waals surface area contributed by atoms with Crippen LogP contribution >= 0.6 is 35.6 Å². The van der Waals surface area contributed by atoms with Gasteiger partial charge in [-0.05, 0) is 37.8 Å². The van der Waals surface area contributed by atoms with Crippen LogP contribution in [0.15, 0.2) is 17.0 Å². The summed E-state index contributed by atoms with van der Waals surface area (Å²) < 4.78 is 40.1. The zero-order valence-corrected chi connectivity index (χ0v) is 15.1. The van der Waals surface area contributed by atoms with E-state index in [9.17, 15) is 12.8 Å². The molecular formula is C13H18Cl3FN2O2S. The molecule has 1 fully saturated rings. The summed E-state index contributed by atoms with van der Waals surface area (Å²) in [5.41, 5.74) is 5.84. The topological polar surface area (TPSA) is 63.4 Å². The largest absolute Gasteiger partial charge is 0.328 e. The first-order valence-electron chi connectivity index (χ1n) is 6.64. The van der Waals surface area contributed by atoms with Crippen molar-refractivity contribution in [3.63, 3.8) is 0 Å². The van der Waals surface area contributed by atoms with Gasteiger partial charge in [0.15, 0.2) is 5.82 Å². The standard InChI is InChI=1S/C13H17Cl2FN2O2S.ClH/c1-8(17)9-4-6-18(7-5-9)21(19,20)11-3-2-10(14)13(16)12(11)15;/h2-3,8-9H,4-7,17H2,1H3;1H. The molecule has 0 aromatic heterocycles. The second-order valence-electron chi connectivity index (χ2n) is 5.27. The molecule has 22 heavy (non-hydrogen) atoms. The fraction of sp³-hybridized carbons (Fsp3) is 0.538. The summed E-state index contributed by atoms with van der Waals surface area (Å²) in [6, 6.07) is 2.47. The van der Waals surface area contributed by atoms with Crippen molar-refractivity contribution in [1.82, 2.24) is 4.31 Å². The molecule has 1 atom stereocenters. The van der Waals surface area contributed by atoms with Gasteiger partial charge in [0.05, 0.1) is 10.0 Å². The van der Waals surface area contributed by atoms with Crippen LogP contribution in [-0.4, -0.2) is 31.9 Å². The molecule has 0 aliphatic carbocycles. The second kappa shape index (κ2) is 7.64. The Labute approximate surface area is 146 Å². The molecule has 1 aromatic rings. The Morgan fingerprint density at radius 1 is 1.32 bits per heavy atom. The maximum Gasteiger partial charge on any atom is 0.244 e. The Bertz CT molecular complexity index is 632. The van der Waals surface area contributed by atoms with Crippen LogP contribution in [-0.2, 0) is 10.0 Å². The molecule has 126 valence electrons. The van der Waals surface area contributed by atoms with Gasteiger partial charge in [-0.3, -0.25) is 0 Å². The zero-order valence-electron chi connectivity index (χ0n) is 11.9. The van der Waals surface area contributed by atoms with Crippen LogP contribution in [0.4, 0.5) is 4.39 Å². The number of benzene rings is 1. The predicted molar refractivity (Wildman–Crippen MR) is 88.8 cm³/mol. The summed E-state index contributed by atoms with van der Waals surface area (Å²) in [6.07, 6.45) is 1.37. The summed E-state index contributed by atoms with van der Waals surface area (Å²) in [6.45, 7) is 2.63. The summed E-state index contributed by atoms with van der Waals surface area (Å²) in [5.74, 6) is -0.612. The van der Waals surface area contributed by atoms with Gasteiger partial charge in [0.25, 0.3) is 0 Å². The van der Waals surface area contributed by atoms with Crippen molar-refractivity contribution in [1.29, 1.82) is 0 Å². The third-order valence-corrected chi connectivity index (χ3v) is 6.57. The molecule has 1 heterocycles. The summed E-state index contributed by atoms with van der Waals surface area (Å²) in [4.78, 5) is -0.245. The summed E-state index contributed by atoms with van der Waals surface area (Å²) in [5, 5.41) is -0.661. The minimum Gasteiger partial charge on any atom is -0.328 e. The van der Waals surface area contributed by atoms with Gasteiger partial charge in [0, 0.05) is 19.1 Å². The van der Waals surface area contributed by atoms with E-state index in [4.69, 9.17) is 28.9 Å². The van der Waals surface area contributed by atoms with Gasteiger partial charge < -0.3 is 5.73 Å². The molecule has 2 N–H and O–H groups in total. The number of nitrogens with two attached hydrogens (primary N) is 1. The number of sulfonamides is 1. The normalized spacial score (nSPS) is 18.8. The van der Waals surface area contributed by atoms with E-state index in [1.165, 1.54) is 16.4 Å². The molecule has 1 aliphatic heterocycles. The molecule has 0 spiro atoms. The summed E-state index contributed by atoms with van der Waals surface area (Å²) in [7, 11) is -3.82. The van der Waals surface area contributed by atoms with Crippen molar-refractivity contribution in [2.75, 3.05) is 13.1 Å². The van der Waals surface area contributed by atoms with Crippen LogP contribution in [0.3, 0.4) is 0 Å². The SMILES string of the molecule is CC(N)C1CCN(S(=O)(=O)c2ccc(Cl)c(F)c2Cl)CC1.Cl. The summed E-state index contributed by atoms with van der Waals surface area (Å²) >= 11 is 11.4. The number of nitrogens with zero attached hydrogens (tertiary/aromatic N) is 1. The van der Waals surface area contributed by atoms with Crippen molar-refractivity contribution < 1.29 is 12.8 Å². The average molecular weight is 392 g/mol. The molecular weight excluding hydrogens is 374 g/mol. The third kappa shape index (κ3) is 3.86. The van der Waals surface area contributed by atoms with E-state index in [2.05, 4.69) is 0 Å². The minimum absolute atomic E-state index is 0. The van der Waals surface area contributed by atoms with Crippen LogP contribution in [0, 0.1) is 11.7 Å². The van der Waals surface area contributed by atoms with Gasteiger partial charge in [0.1, 0.15) is 4.90 Å². The van der Waals surface area contributed by atoms with Crippen LogP contribution in [0.1, 0.15) is 19.8 Å². The third-order valence-electron chi connectivity index (χ3n) is 3.86. The monoisotopic (exact) mass is 390 g/mol. The molecule has 0 amide bonds. The highest BCUT2D eigenvalue weighted by molar-refractivity contribution is 7.89. The molecule has 1 aliphatic rings. The van der Waals surface area contributed by atoms with Gasteiger partial charge in [-0.25, -0.2) is 12.8 Å². The maximum absolute atomic E-state index is 13.7. The molecule has 1 aromatic carbocycles. The van der Waals surface area contributed by atoms with Gasteiger partial charge in [-0.2, -0.15) is 4.31 Å². The number of piperidine rings is 1. The highest BCUT2D eigenvalue weighted by Gasteiger charge is 2.32. The first kappa shape index (κ1) is 19.9. The van der Waals surface area contributed by atoms with E-state index in [1.807, 2.05) is 6.92 Å². The number of hydrogen-bond donors (Lipinski definition) is 1. The van der Waals surface area contributed by atoms with Crippen molar-refractivity contribution in [3.05, 3.63) is 28.0 Å². The molecule has 0 bridgehead atoms. The van der Waals surface area contributed by atoms with Gasteiger partial charge in [-0.1, -0.05) is 23.2 Å². The van der Waals surface area contributed by atoms with E-state index < -0.39 is 20.9 Å². The van der Waals surface area contributed by atoms with Gasteiger partial charge >= 0.3 is 0 Å². The Balaban J connectivity index is 0.00000242. The smallest absolute Gasteiger partial charge is 0.244 e. The lowest BCUT2D eigenvalue weighted by Gasteiger charge is -2.33. The van der Waals surface area contributed by atoms with Crippen LogP contribution in [0.2, 0.25) is 10.0 Å². The molecule has 2 rings (SSSR count). The molecule has 0 radical (unpaired) electrons. The van der Waals surface area contributed by atoms with Gasteiger partial charge in [-0.15, -0.1) is 12.4 Å². The lowest BCUT2D eigenvalue weighted by Crippen LogP contribution is -2.42. The van der Waals surface area contributed by atoms with E-state index in [0.717, 1.165) is 0 Å². The molecule has 9 heteroatoms. The zero-order chi connectivity index (χ0) is 15.8. The molecule has 1 unspecified atom stereocenters. The predicted octanol–water partition coefficient (Wildman–Crippen LogP) is 3.30.